The smallest absolute Gasteiger partial charge is 0.103 e. The Bertz CT molecular complexity index is 450. The topological polar surface area (TPSA) is 29.3 Å². The predicted molar refractivity (Wildman–Crippen MR) is 87.0 cm³/mol. The summed E-state index contributed by atoms with van der Waals surface area (Å²) in [7, 11) is 0. The van der Waals surface area contributed by atoms with Gasteiger partial charge in [0, 0.05) is 23.8 Å². The van der Waals surface area contributed by atoms with Gasteiger partial charge in [0.2, 0.25) is 0 Å². The lowest BCUT2D eigenvalue weighted by molar-refractivity contribution is 0.418. The van der Waals surface area contributed by atoms with E-state index in [-0.39, 0.29) is 0 Å². The first-order valence-corrected chi connectivity index (χ1v) is 7.71. The highest BCUT2D eigenvalue weighted by atomic mass is 32.1. The fraction of sp³-hybridized carbons (Fsp3) is 0.562. The number of hydrogen-bond acceptors (Lipinski definition) is 2. The van der Waals surface area contributed by atoms with Crippen molar-refractivity contribution in [1.82, 2.24) is 0 Å². The van der Waals surface area contributed by atoms with Crippen LogP contribution in [0.5, 0.6) is 0 Å². The third-order valence-corrected chi connectivity index (χ3v) is 4.38. The first kappa shape index (κ1) is 14.3. The number of aryl methyl sites for hydroxylation is 1. The van der Waals surface area contributed by atoms with Crippen LogP contribution in [-0.4, -0.2) is 17.6 Å². The Morgan fingerprint density at radius 2 is 2.00 bits per heavy atom. The molecule has 2 N–H and O–H groups in total. The molecular formula is C16H24N2S. The molecule has 2 rings (SSSR count). The molecule has 1 aliphatic carbocycles. The molecule has 1 saturated carbocycles. The first-order chi connectivity index (χ1) is 9.13. The first-order valence-electron chi connectivity index (χ1n) is 7.30. The minimum atomic E-state index is 0.482. The summed E-state index contributed by atoms with van der Waals surface area (Å²) < 4.78 is 0. The summed E-state index contributed by atoms with van der Waals surface area (Å²) in [5, 5.41) is 0. The summed E-state index contributed by atoms with van der Waals surface area (Å²) in [6, 6.07) is 7.05. The highest BCUT2D eigenvalue weighted by Gasteiger charge is 2.21. The fourth-order valence-corrected chi connectivity index (χ4v) is 3.28. The van der Waals surface area contributed by atoms with Gasteiger partial charge >= 0.3 is 0 Å². The summed E-state index contributed by atoms with van der Waals surface area (Å²) in [4.78, 5) is 3.04. The van der Waals surface area contributed by atoms with Crippen molar-refractivity contribution in [2.45, 2.75) is 52.0 Å². The van der Waals surface area contributed by atoms with Crippen LogP contribution >= 0.6 is 12.2 Å². The van der Waals surface area contributed by atoms with Crippen LogP contribution in [0.15, 0.2) is 18.2 Å². The number of anilines is 1. The van der Waals surface area contributed by atoms with Crippen molar-refractivity contribution in [1.29, 1.82) is 0 Å². The Morgan fingerprint density at radius 3 is 2.53 bits per heavy atom. The maximum absolute atomic E-state index is 5.70. The number of thiocarbonyl (C=S) groups is 1. The van der Waals surface area contributed by atoms with Crippen LogP contribution < -0.4 is 10.6 Å². The maximum atomic E-state index is 5.70. The van der Waals surface area contributed by atoms with E-state index in [1.807, 2.05) is 0 Å². The number of hydrogen-bond donors (Lipinski definition) is 1. The van der Waals surface area contributed by atoms with Crippen LogP contribution in [0.1, 0.15) is 50.2 Å². The molecule has 1 aliphatic rings. The van der Waals surface area contributed by atoms with E-state index < -0.39 is 0 Å². The number of rotatable bonds is 4. The Labute approximate surface area is 122 Å². The molecule has 3 heteroatoms. The largest absolute Gasteiger partial charge is 0.389 e. The summed E-state index contributed by atoms with van der Waals surface area (Å²) in [5.74, 6) is 0. The number of benzene rings is 1. The zero-order valence-corrected chi connectivity index (χ0v) is 12.8. The van der Waals surface area contributed by atoms with E-state index in [1.165, 1.54) is 43.4 Å². The summed E-state index contributed by atoms with van der Waals surface area (Å²) in [5.41, 5.74) is 9.29. The molecule has 104 valence electrons. The van der Waals surface area contributed by atoms with E-state index in [4.69, 9.17) is 18.0 Å². The minimum Gasteiger partial charge on any atom is -0.389 e. The molecule has 0 aliphatic heterocycles. The normalized spacial score (nSPS) is 16.3. The van der Waals surface area contributed by atoms with Gasteiger partial charge in [0.1, 0.15) is 4.99 Å². The van der Waals surface area contributed by atoms with Crippen LogP contribution in [0, 0.1) is 6.92 Å². The third-order valence-electron chi connectivity index (χ3n) is 4.15. The van der Waals surface area contributed by atoms with Gasteiger partial charge in [0.25, 0.3) is 0 Å². The number of nitrogens with two attached hydrogens (primary N) is 1. The Balaban J connectivity index is 2.24. The average molecular weight is 276 g/mol. The fourth-order valence-electron chi connectivity index (χ4n) is 3.15. The molecule has 0 heterocycles. The third kappa shape index (κ3) is 3.27. The van der Waals surface area contributed by atoms with Crippen molar-refractivity contribution in [3.05, 3.63) is 29.3 Å². The van der Waals surface area contributed by atoms with Crippen LogP contribution in [0.3, 0.4) is 0 Å². The second kappa shape index (κ2) is 6.38. The van der Waals surface area contributed by atoms with E-state index in [2.05, 4.69) is 36.9 Å². The standard InChI is InChI=1S/C16H24N2S/c1-3-18(14-7-5-4-6-8-14)15-10-9-13(16(17)19)11-12(15)2/h9-11,14H,3-8H2,1-2H3,(H2,17,19). The van der Waals surface area contributed by atoms with Crippen molar-refractivity contribution in [2.24, 2.45) is 5.73 Å². The Morgan fingerprint density at radius 1 is 1.32 bits per heavy atom. The molecule has 0 radical (unpaired) electrons. The summed E-state index contributed by atoms with van der Waals surface area (Å²) >= 11 is 5.05. The van der Waals surface area contributed by atoms with Crippen LogP contribution in [0.4, 0.5) is 5.69 Å². The Kier molecular flexibility index (Phi) is 4.81. The zero-order valence-electron chi connectivity index (χ0n) is 12.0. The van der Waals surface area contributed by atoms with Gasteiger partial charge in [-0.3, -0.25) is 0 Å². The zero-order chi connectivity index (χ0) is 13.8. The average Bonchev–Trinajstić information content (AvgIpc) is 2.42. The van der Waals surface area contributed by atoms with Crippen molar-refractivity contribution < 1.29 is 0 Å². The SMILES string of the molecule is CCN(c1ccc(C(N)=S)cc1C)C1CCCCC1. The van der Waals surface area contributed by atoms with Crippen LogP contribution in [0.2, 0.25) is 0 Å². The van der Waals surface area contributed by atoms with Crippen molar-refractivity contribution in [3.63, 3.8) is 0 Å². The van der Waals surface area contributed by atoms with Gasteiger partial charge in [-0.1, -0.05) is 31.5 Å². The molecule has 1 fully saturated rings. The van der Waals surface area contributed by atoms with Gasteiger partial charge in [-0.15, -0.1) is 0 Å². The van der Waals surface area contributed by atoms with Gasteiger partial charge in [-0.25, -0.2) is 0 Å². The summed E-state index contributed by atoms with van der Waals surface area (Å²) in [6.07, 6.45) is 6.78. The minimum absolute atomic E-state index is 0.482. The van der Waals surface area contributed by atoms with E-state index in [1.54, 1.807) is 0 Å². The lowest BCUT2D eigenvalue weighted by atomic mass is 9.93. The molecule has 0 atom stereocenters. The van der Waals surface area contributed by atoms with Crippen LogP contribution in [0.25, 0.3) is 0 Å². The van der Waals surface area contributed by atoms with Gasteiger partial charge in [-0.05, 0) is 50.5 Å². The molecule has 0 bridgehead atoms. The predicted octanol–water partition coefficient (Wildman–Crippen LogP) is 3.79. The molecule has 19 heavy (non-hydrogen) atoms. The van der Waals surface area contributed by atoms with Crippen molar-refractivity contribution >= 4 is 22.9 Å². The highest BCUT2D eigenvalue weighted by Crippen LogP contribution is 2.29. The monoisotopic (exact) mass is 276 g/mol. The molecule has 0 saturated heterocycles. The lowest BCUT2D eigenvalue weighted by Gasteiger charge is -2.36. The molecular weight excluding hydrogens is 252 g/mol. The van der Waals surface area contributed by atoms with Crippen molar-refractivity contribution in [3.8, 4) is 0 Å². The second-order valence-electron chi connectivity index (χ2n) is 5.44. The lowest BCUT2D eigenvalue weighted by Crippen LogP contribution is -2.37. The van der Waals surface area contributed by atoms with Gasteiger partial charge in [0.05, 0.1) is 0 Å². The van der Waals surface area contributed by atoms with Gasteiger partial charge in [-0.2, -0.15) is 0 Å². The quantitative estimate of drug-likeness (QED) is 0.848. The number of nitrogens with zero attached hydrogens (tertiary/aromatic N) is 1. The Hall–Kier alpha value is -1.09. The summed E-state index contributed by atoms with van der Waals surface area (Å²) in [6.45, 7) is 5.47. The van der Waals surface area contributed by atoms with E-state index in [0.717, 1.165) is 12.1 Å². The van der Waals surface area contributed by atoms with Crippen molar-refractivity contribution in [2.75, 3.05) is 11.4 Å². The molecule has 1 aromatic rings. The molecule has 1 aromatic carbocycles. The molecule has 2 nitrogen and oxygen atoms in total. The molecule has 0 unspecified atom stereocenters. The van der Waals surface area contributed by atoms with E-state index >= 15 is 0 Å². The second-order valence-corrected chi connectivity index (χ2v) is 5.88. The highest BCUT2D eigenvalue weighted by molar-refractivity contribution is 7.80. The van der Waals surface area contributed by atoms with E-state index in [9.17, 15) is 0 Å². The molecule has 0 spiro atoms. The van der Waals surface area contributed by atoms with Gasteiger partial charge < -0.3 is 10.6 Å². The molecule has 0 amide bonds. The van der Waals surface area contributed by atoms with Crippen LogP contribution in [-0.2, 0) is 0 Å². The maximum Gasteiger partial charge on any atom is 0.103 e. The molecule has 0 aromatic heterocycles. The van der Waals surface area contributed by atoms with Gasteiger partial charge in [0.15, 0.2) is 0 Å². The van der Waals surface area contributed by atoms with E-state index in [0.29, 0.717) is 11.0 Å².